The predicted octanol–water partition coefficient (Wildman–Crippen LogP) is 3.07. The predicted molar refractivity (Wildman–Crippen MR) is 67.1 cm³/mol. The normalized spacial score (nSPS) is 10.4. The molecule has 0 unspecified atom stereocenters. The maximum Gasteiger partial charge on any atom is 0.130 e. The van der Waals surface area contributed by atoms with E-state index in [0.29, 0.717) is 12.0 Å². The molecule has 2 rings (SSSR count). The lowest BCUT2D eigenvalue weighted by Crippen LogP contribution is -1.91. The average Bonchev–Trinajstić information content (AvgIpc) is 2.34. The fraction of sp³-hybridized carbons (Fsp3) is 0.200. The van der Waals surface area contributed by atoms with Gasteiger partial charge in [0.15, 0.2) is 0 Å². The van der Waals surface area contributed by atoms with Gasteiger partial charge in [0.2, 0.25) is 0 Å². The van der Waals surface area contributed by atoms with E-state index < -0.39 is 0 Å². The highest BCUT2D eigenvalue weighted by atomic mass is 16.3. The topological polar surface area (TPSA) is 40.5 Å². The molecule has 0 saturated heterocycles. The van der Waals surface area contributed by atoms with Crippen LogP contribution in [0.5, 0.6) is 11.5 Å². The molecule has 0 saturated carbocycles. The van der Waals surface area contributed by atoms with Crippen LogP contribution in [0.25, 0.3) is 0 Å². The summed E-state index contributed by atoms with van der Waals surface area (Å²) in [7, 11) is 0. The third-order valence-electron chi connectivity index (χ3n) is 2.79. The van der Waals surface area contributed by atoms with Gasteiger partial charge in [0.05, 0.1) is 0 Å². The number of phenols is 2. The highest BCUT2D eigenvalue weighted by Gasteiger charge is 2.06. The van der Waals surface area contributed by atoms with Crippen LogP contribution in [0.1, 0.15) is 17.5 Å². The minimum Gasteiger partial charge on any atom is -0.508 e. The maximum absolute atomic E-state index is 9.61. The summed E-state index contributed by atoms with van der Waals surface area (Å²) in [5.41, 5.74) is 1.86. The number of rotatable bonds is 4. The molecular weight excluding hydrogens is 212 g/mol. The van der Waals surface area contributed by atoms with Crippen molar-refractivity contribution in [3.8, 4) is 11.5 Å². The SMILES string of the molecule is Oc1[c]ccc(O)c1CCCc1ccccc1. The molecule has 2 aromatic carbocycles. The van der Waals surface area contributed by atoms with E-state index in [9.17, 15) is 10.2 Å². The van der Waals surface area contributed by atoms with Gasteiger partial charge in [0.1, 0.15) is 11.5 Å². The monoisotopic (exact) mass is 227 g/mol. The van der Waals surface area contributed by atoms with Gasteiger partial charge in [-0.05, 0) is 37.0 Å². The van der Waals surface area contributed by atoms with E-state index in [1.807, 2.05) is 18.2 Å². The van der Waals surface area contributed by atoms with Crippen molar-refractivity contribution in [3.05, 3.63) is 59.7 Å². The van der Waals surface area contributed by atoms with Gasteiger partial charge >= 0.3 is 0 Å². The molecule has 2 heteroatoms. The van der Waals surface area contributed by atoms with Crippen LogP contribution in [-0.2, 0) is 12.8 Å². The molecule has 0 fully saturated rings. The third-order valence-corrected chi connectivity index (χ3v) is 2.79. The lowest BCUT2D eigenvalue weighted by molar-refractivity contribution is 0.436. The third kappa shape index (κ3) is 3.00. The minimum atomic E-state index is 0.0538. The maximum atomic E-state index is 9.61. The molecule has 87 valence electrons. The van der Waals surface area contributed by atoms with Crippen molar-refractivity contribution in [2.24, 2.45) is 0 Å². The second-order valence-corrected chi connectivity index (χ2v) is 4.03. The standard InChI is InChI=1S/C15H15O2/c16-14-10-5-11-15(17)13(14)9-4-8-12-6-2-1-3-7-12/h1-3,5-7,10,16-17H,4,8-9H2. The van der Waals surface area contributed by atoms with Crippen LogP contribution in [0.2, 0.25) is 0 Å². The van der Waals surface area contributed by atoms with Gasteiger partial charge in [0, 0.05) is 11.6 Å². The lowest BCUT2D eigenvalue weighted by atomic mass is 10.0. The Balaban J connectivity index is 1.95. The summed E-state index contributed by atoms with van der Waals surface area (Å²) in [5.74, 6) is 0.201. The van der Waals surface area contributed by atoms with Crippen LogP contribution in [0.15, 0.2) is 42.5 Å². The van der Waals surface area contributed by atoms with Crippen LogP contribution in [0.4, 0.5) is 0 Å². The van der Waals surface area contributed by atoms with Crippen molar-refractivity contribution in [1.82, 2.24) is 0 Å². The van der Waals surface area contributed by atoms with E-state index in [-0.39, 0.29) is 11.5 Å². The van der Waals surface area contributed by atoms with Crippen LogP contribution < -0.4 is 0 Å². The van der Waals surface area contributed by atoms with Gasteiger partial charge in [-0.3, -0.25) is 0 Å². The summed E-state index contributed by atoms with van der Waals surface area (Å²) in [6.45, 7) is 0. The Morgan fingerprint density at radius 1 is 0.941 bits per heavy atom. The number of aryl methyl sites for hydroxylation is 1. The van der Waals surface area contributed by atoms with Crippen LogP contribution in [-0.4, -0.2) is 10.2 Å². The first-order chi connectivity index (χ1) is 8.27. The molecule has 2 nitrogen and oxygen atoms in total. The number of hydrogen-bond donors (Lipinski definition) is 2. The van der Waals surface area contributed by atoms with Crippen molar-refractivity contribution in [1.29, 1.82) is 0 Å². The van der Waals surface area contributed by atoms with Crippen molar-refractivity contribution in [2.75, 3.05) is 0 Å². The Morgan fingerprint density at radius 3 is 2.41 bits per heavy atom. The van der Waals surface area contributed by atoms with E-state index in [2.05, 4.69) is 18.2 Å². The quantitative estimate of drug-likeness (QED) is 0.842. The second kappa shape index (κ2) is 5.39. The van der Waals surface area contributed by atoms with Gasteiger partial charge in [0.25, 0.3) is 0 Å². The molecule has 0 aliphatic rings. The molecule has 2 aromatic rings. The zero-order valence-corrected chi connectivity index (χ0v) is 9.56. The molecule has 0 heterocycles. The summed E-state index contributed by atoms with van der Waals surface area (Å²) in [6.07, 6.45) is 2.49. The molecule has 17 heavy (non-hydrogen) atoms. The van der Waals surface area contributed by atoms with E-state index in [1.54, 1.807) is 6.07 Å². The molecule has 0 aliphatic heterocycles. The highest BCUT2D eigenvalue weighted by molar-refractivity contribution is 5.42. The summed E-state index contributed by atoms with van der Waals surface area (Å²) >= 11 is 0. The van der Waals surface area contributed by atoms with Crippen LogP contribution in [0, 0.1) is 6.07 Å². The first-order valence-corrected chi connectivity index (χ1v) is 5.73. The largest absolute Gasteiger partial charge is 0.508 e. The van der Waals surface area contributed by atoms with Gasteiger partial charge in [-0.1, -0.05) is 30.3 Å². The van der Waals surface area contributed by atoms with E-state index in [1.165, 1.54) is 11.6 Å². The Bertz CT molecular complexity index is 457. The molecule has 1 radical (unpaired) electrons. The summed E-state index contributed by atoms with van der Waals surface area (Å²) in [6, 6.07) is 15.9. The van der Waals surface area contributed by atoms with Crippen LogP contribution >= 0.6 is 0 Å². The Kier molecular flexibility index (Phi) is 3.66. The summed E-state index contributed by atoms with van der Waals surface area (Å²) in [4.78, 5) is 0. The number of aromatic hydroxyl groups is 2. The van der Waals surface area contributed by atoms with Crippen LogP contribution in [0.3, 0.4) is 0 Å². The molecule has 2 N–H and O–H groups in total. The Morgan fingerprint density at radius 2 is 1.71 bits per heavy atom. The number of benzene rings is 2. The Hall–Kier alpha value is -1.96. The molecule has 0 aromatic heterocycles. The molecule has 0 aliphatic carbocycles. The molecule has 0 spiro atoms. The van der Waals surface area contributed by atoms with Crippen molar-refractivity contribution in [2.45, 2.75) is 19.3 Å². The number of hydrogen-bond acceptors (Lipinski definition) is 2. The van der Waals surface area contributed by atoms with Gasteiger partial charge in [-0.15, -0.1) is 0 Å². The smallest absolute Gasteiger partial charge is 0.130 e. The van der Waals surface area contributed by atoms with Crippen molar-refractivity contribution >= 4 is 0 Å². The van der Waals surface area contributed by atoms with E-state index in [0.717, 1.165) is 12.8 Å². The molecule has 0 amide bonds. The lowest BCUT2D eigenvalue weighted by Gasteiger charge is -2.06. The zero-order chi connectivity index (χ0) is 12.1. The van der Waals surface area contributed by atoms with Crippen molar-refractivity contribution < 1.29 is 10.2 Å². The highest BCUT2D eigenvalue weighted by Crippen LogP contribution is 2.27. The minimum absolute atomic E-state index is 0.0538. The summed E-state index contributed by atoms with van der Waals surface area (Å²) in [5, 5.41) is 19.2. The average molecular weight is 227 g/mol. The van der Waals surface area contributed by atoms with Crippen molar-refractivity contribution in [3.63, 3.8) is 0 Å². The number of phenolic OH excluding ortho intramolecular Hbond substituents is 2. The zero-order valence-electron chi connectivity index (χ0n) is 9.56. The second-order valence-electron chi connectivity index (χ2n) is 4.03. The Labute approximate surface area is 101 Å². The molecular formula is C15H15O2. The first kappa shape index (κ1) is 11.5. The first-order valence-electron chi connectivity index (χ1n) is 5.73. The van der Waals surface area contributed by atoms with Gasteiger partial charge < -0.3 is 10.2 Å². The van der Waals surface area contributed by atoms with E-state index in [4.69, 9.17) is 0 Å². The van der Waals surface area contributed by atoms with E-state index >= 15 is 0 Å². The fourth-order valence-electron chi connectivity index (χ4n) is 1.87. The fourth-order valence-corrected chi connectivity index (χ4v) is 1.87. The summed E-state index contributed by atoms with van der Waals surface area (Å²) < 4.78 is 0. The van der Waals surface area contributed by atoms with Gasteiger partial charge in [-0.2, -0.15) is 0 Å². The molecule has 0 bridgehead atoms. The van der Waals surface area contributed by atoms with Gasteiger partial charge in [-0.25, -0.2) is 0 Å². The molecule has 0 atom stereocenters.